The van der Waals surface area contributed by atoms with E-state index in [-0.39, 0.29) is 11.3 Å². The number of nitrogens with one attached hydrogen (secondary N) is 2. The molecular weight excluding hydrogens is 418 g/mol. The molecule has 4 rings (SSSR count). The van der Waals surface area contributed by atoms with Crippen LogP contribution < -0.4 is 19.5 Å². The van der Waals surface area contributed by atoms with Gasteiger partial charge in [-0.15, -0.1) is 0 Å². The molecule has 1 aromatic heterocycles. The normalized spacial score (nSPS) is 13.9. The summed E-state index contributed by atoms with van der Waals surface area (Å²) in [6.45, 7) is 0.749. The SMILES string of the molecule is O=C(Nc1cccnc1)C(Cc1ccccc1)NS(=O)(=O)c1ccc2c(c1)OCCO2. The number of benzene rings is 2. The number of hydrogen-bond donors (Lipinski definition) is 2. The Morgan fingerprint density at radius 1 is 1.00 bits per heavy atom. The number of sulfonamides is 1. The summed E-state index contributed by atoms with van der Waals surface area (Å²) < 4.78 is 39.6. The van der Waals surface area contributed by atoms with E-state index in [0.717, 1.165) is 5.56 Å². The molecule has 0 bridgehead atoms. The van der Waals surface area contributed by atoms with E-state index in [4.69, 9.17) is 9.47 Å². The van der Waals surface area contributed by atoms with Crippen molar-refractivity contribution in [3.8, 4) is 11.5 Å². The van der Waals surface area contributed by atoms with E-state index in [0.29, 0.717) is 30.4 Å². The fourth-order valence-corrected chi connectivity index (χ4v) is 4.36. The van der Waals surface area contributed by atoms with Crippen molar-refractivity contribution in [1.29, 1.82) is 0 Å². The van der Waals surface area contributed by atoms with E-state index in [1.165, 1.54) is 18.3 Å². The molecule has 0 spiro atoms. The van der Waals surface area contributed by atoms with Gasteiger partial charge in [-0.3, -0.25) is 9.78 Å². The zero-order chi connectivity index (χ0) is 21.7. The lowest BCUT2D eigenvalue weighted by Gasteiger charge is -2.21. The molecule has 1 amide bonds. The van der Waals surface area contributed by atoms with Gasteiger partial charge in [0, 0.05) is 12.3 Å². The van der Waals surface area contributed by atoms with Gasteiger partial charge in [0.15, 0.2) is 11.5 Å². The molecule has 0 aliphatic carbocycles. The Hall–Kier alpha value is -3.43. The third-order valence-electron chi connectivity index (χ3n) is 4.65. The van der Waals surface area contributed by atoms with Crippen LogP contribution in [-0.4, -0.2) is 38.6 Å². The first-order valence-electron chi connectivity index (χ1n) is 9.68. The first-order valence-corrected chi connectivity index (χ1v) is 11.2. The van der Waals surface area contributed by atoms with Crippen LogP contribution in [0.3, 0.4) is 0 Å². The second-order valence-electron chi connectivity index (χ2n) is 6.90. The highest BCUT2D eigenvalue weighted by molar-refractivity contribution is 7.89. The summed E-state index contributed by atoms with van der Waals surface area (Å²) in [5, 5.41) is 2.71. The number of nitrogens with zero attached hydrogens (tertiary/aromatic N) is 1. The average Bonchev–Trinajstić information content (AvgIpc) is 2.79. The Morgan fingerprint density at radius 3 is 2.52 bits per heavy atom. The van der Waals surface area contributed by atoms with Crippen LogP contribution in [0.2, 0.25) is 0 Å². The van der Waals surface area contributed by atoms with Crippen molar-refractivity contribution in [1.82, 2.24) is 9.71 Å². The maximum atomic E-state index is 13.1. The summed E-state index contributed by atoms with van der Waals surface area (Å²) in [7, 11) is -4.01. The van der Waals surface area contributed by atoms with E-state index in [2.05, 4.69) is 15.0 Å². The highest BCUT2D eigenvalue weighted by Gasteiger charge is 2.27. The van der Waals surface area contributed by atoms with Crippen LogP contribution in [-0.2, 0) is 21.2 Å². The number of amides is 1. The van der Waals surface area contributed by atoms with E-state index in [9.17, 15) is 13.2 Å². The number of pyridine rings is 1. The second kappa shape index (κ2) is 9.15. The molecular formula is C22H21N3O5S. The molecule has 1 unspecified atom stereocenters. The first-order chi connectivity index (χ1) is 15.0. The molecule has 0 saturated heterocycles. The van der Waals surface area contributed by atoms with Gasteiger partial charge >= 0.3 is 0 Å². The minimum absolute atomic E-state index is 0.0102. The topological polar surface area (TPSA) is 107 Å². The molecule has 0 fully saturated rings. The molecule has 8 nitrogen and oxygen atoms in total. The number of carbonyl (C=O) groups is 1. The molecule has 9 heteroatoms. The molecule has 160 valence electrons. The molecule has 2 N–H and O–H groups in total. The Balaban J connectivity index is 1.59. The Kier molecular flexibility index (Phi) is 6.15. The lowest BCUT2D eigenvalue weighted by molar-refractivity contribution is -0.117. The standard InChI is InChI=1S/C22H21N3O5S/c26-22(24-17-7-4-10-23-15-17)19(13-16-5-2-1-3-6-16)25-31(27,28)18-8-9-20-21(14-18)30-12-11-29-20/h1-10,14-15,19,25H,11-13H2,(H,24,26). The number of carbonyl (C=O) groups excluding carboxylic acids is 1. The third kappa shape index (κ3) is 5.19. The number of ether oxygens (including phenoxy) is 2. The first kappa shape index (κ1) is 20.8. The number of hydrogen-bond acceptors (Lipinski definition) is 6. The largest absolute Gasteiger partial charge is 0.486 e. The molecule has 0 radical (unpaired) electrons. The lowest BCUT2D eigenvalue weighted by atomic mass is 10.1. The van der Waals surface area contributed by atoms with Gasteiger partial charge in [-0.25, -0.2) is 8.42 Å². The van der Waals surface area contributed by atoms with Gasteiger partial charge in [0.25, 0.3) is 0 Å². The summed E-state index contributed by atoms with van der Waals surface area (Å²) in [5.74, 6) is 0.354. The van der Waals surface area contributed by atoms with Gasteiger partial charge < -0.3 is 14.8 Å². The molecule has 0 saturated carbocycles. The smallest absolute Gasteiger partial charge is 0.242 e. The van der Waals surface area contributed by atoms with Crippen molar-refractivity contribution < 1.29 is 22.7 Å². The Labute approximate surface area is 180 Å². The minimum Gasteiger partial charge on any atom is -0.486 e. The predicted octanol–water partition coefficient (Wildman–Crippen LogP) is 2.38. The van der Waals surface area contributed by atoms with E-state index in [1.807, 2.05) is 30.3 Å². The van der Waals surface area contributed by atoms with Gasteiger partial charge in [0.05, 0.1) is 16.8 Å². The summed E-state index contributed by atoms with van der Waals surface area (Å²) >= 11 is 0. The van der Waals surface area contributed by atoms with Crippen LogP contribution in [0.5, 0.6) is 11.5 Å². The summed E-state index contributed by atoms with van der Waals surface area (Å²) in [4.78, 5) is 16.9. The number of anilines is 1. The van der Waals surface area contributed by atoms with Crippen molar-refractivity contribution >= 4 is 21.6 Å². The predicted molar refractivity (Wildman–Crippen MR) is 115 cm³/mol. The Bertz CT molecular complexity index is 1150. The van der Waals surface area contributed by atoms with E-state index < -0.39 is 22.0 Å². The molecule has 2 aromatic carbocycles. The molecule has 1 aliphatic rings. The number of aromatic nitrogens is 1. The Morgan fingerprint density at radius 2 is 1.77 bits per heavy atom. The van der Waals surface area contributed by atoms with Crippen LogP contribution >= 0.6 is 0 Å². The minimum atomic E-state index is -4.01. The van der Waals surface area contributed by atoms with Gasteiger partial charge in [-0.1, -0.05) is 30.3 Å². The zero-order valence-corrected chi connectivity index (χ0v) is 17.3. The van der Waals surface area contributed by atoms with Crippen LogP contribution in [0.25, 0.3) is 0 Å². The van der Waals surface area contributed by atoms with Gasteiger partial charge in [-0.05, 0) is 36.2 Å². The lowest BCUT2D eigenvalue weighted by Crippen LogP contribution is -2.45. The van der Waals surface area contributed by atoms with Gasteiger partial charge in [0.1, 0.15) is 19.3 Å². The van der Waals surface area contributed by atoms with Crippen LogP contribution in [0.1, 0.15) is 5.56 Å². The number of fused-ring (bicyclic) bond motifs is 1. The van der Waals surface area contributed by atoms with Gasteiger partial charge in [0.2, 0.25) is 15.9 Å². The molecule has 2 heterocycles. The molecule has 1 aliphatic heterocycles. The van der Waals surface area contributed by atoms with Crippen LogP contribution in [0.15, 0.2) is 78.0 Å². The highest BCUT2D eigenvalue weighted by atomic mass is 32.2. The van der Waals surface area contributed by atoms with Crippen LogP contribution in [0, 0.1) is 0 Å². The summed E-state index contributed by atoms with van der Waals surface area (Å²) in [5.41, 5.74) is 1.29. The zero-order valence-electron chi connectivity index (χ0n) is 16.5. The quantitative estimate of drug-likeness (QED) is 0.585. The van der Waals surface area contributed by atoms with Crippen molar-refractivity contribution in [3.05, 3.63) is 78.6 Å². The van der Waals surface area contributed by atoms with Crippen molar-refractivity contribution in [2.45, 2.75) is 17.4 Å². The number of rotatable bonds is 7. The highest BCUT2D eigenvalue weighted by Crippen LogP contribution is 2.32. The third-order valence-corrected chi connectivity index (χ3v) is 6.12. The van der Waals surface area contributed by atoms with Gasteiger partial charge in [-0.2, -0.15) is 4.72 Å². The average molecular weight is 439 g/mol. The van der Waals surface area contributed by atoms with E-state index >= 15 is 0 Å². The fourth-order valence-electron chi connectivity index (χ4n) is 3.15. The van der Waals surface area contributed by atoms with Crippen LogP contribution in [0.4, 0.5) is 5.69 Å². The fraction of sp³-hybridized carbons (Fsp3) is 0.182. The van der Waals surface area contributed by atoms with E-state index in [1.54, 1.807) is 24.4 Å². The van der Waals surface area contributed by atoms with Crippen molar-refractivity contribution in [2.75, 3.05) is 18.5 Å². The second-order valence-corrected chi connectivity index (χ2v) is 8.61. The maximum Gasteiger partial charge on any atom is 0.242 e. The monoisotopic (exact) mass is 439 g/mol. The molecule has 1 atom stereocenters. The van der Waals surface area contributed by atoms with Crippen molar-refractivity contribution in [2.24, 2.45) is 0 Å². The maximum absolute atomic E-state index is 13.1. The summed E-state index contributed by atoms with van der Waals surface area (Å²) in [6, 6.07) is 15.9. The summed E-state index contributed by atoms with van der Waals surface area (Å²) in [6.07, 6.45) is 3.26. The molecule has 31 heavy (non-hydrogen) atoms. The molecule has 3 aromatic rings. The van der Waals surface area contributed by atoms with Crippen molar-refractivity contribution in [3.63, 3.8) is 0 Å².